The number of nitrogens with zero attached hydrogens (tertiary/aromatic N) is 3. The van der Waals surface area contributed by atoms with Crippen molar-refractivity contribution in [2.24, 2.45) is 22.7 Å². The van der Waals surface area contributed by atoms with Crippen LogP contribution in [-0.2, 0) is 28.5 Å². The van der Waals surface area contributed by atoms with E-state index in [1.807, 2.05) is 52.8 Å². The Morgan fingerprint density at radius 3 is 2.53 bits per heavy atom. The Balaban J connectivity index is 1.82. The van der Waals surface area contributed by atoms with E-state index in [-0.39, 0.29) is 42.5 Å². The summed E-state index contributed by atoms with van der Waals surface area (Å²) in [6.07, 6.45) is 0.980. The number of hydrogen-bond donors (Lipinski definition) is 1. The monoisotopic (exact) mass is 633 g/mol. The van der Waals surface area contributed by atoms with Gasteiger partial charge in [0.15, 0.2) is 11.9 Å². The summed E-state index contributed by atoms with van der Waals surface area (Å²) in [6, 6.07) is -0.541. The molecular weight excluding hydrogens is 578 g/mol. The highest BCUT2D eigenvalue weighted by atomic mass is 16.7. The van der Waals surface area contributed by atoms with Crippen molar-refractivity contribution in [3.8, 4) is 0 Å². The number of aliphatic hydroxyl groups is 1. The standard InChI is InChI=1S/C34H55N3O8/c1-12-15-41-33(8)18-21(4)26-23(6)28-34(9,45-32(40)37(28)14-13-35-26)24(7)43-30(39)20(3)16-19(2)29(33)44-31-27(38)25(36(10)11)17-22(5)42-31/h12,16,19,21-25,27-29,31,38H,1,13-15,17-18H2,2-11H3/b20-16+/t19-,21+,22-,23+,24-,25+,27?,28+,29+,31+,33-,34+/m0/s1. The molecule has 0 aromatic heterocycles. The molecule has 4 aliphatic heterocycles. The third kappa shape index (κ3) is 7.02. The van der Waals surface area contributed by atoms with Gasteiger partial charge in [0.25, 0.3) is 0 Å². The van der Waals surface area contributed by atoms with Crippen molar-refractivity contribution in [2.45, 2.75) is 122 Å². The first kappa shape index (κ1) is 35.5. The van der Waals surface area contributed by atoms with Crippen LogP contribution in [0.4, 0.5) is 4.79 Å². The van der Waals surface area contributed by atoms with Gasteiger partial charge >= 0.3 is 12.1 Å². The zero-order valence-electron chi connectivity index (χ0n) is 28.8. The van der Waals surface area contributed by atoms with Gasteiger partial charge in [-0.25, -0.2) is 9.59 Å². The van der Waals surface area contributed by atoms with Gasteiger partial charge in [-0.1, -0.05) is 32.9 Å². The Morgan fingerprint density at radius 2 is 1.89 bits per heavy atom. The first-order valence-corrected chi connectivity index (χ1v) is 16.4. The van der Waals surface area contributed by atoms with E-state index >= 15 is 0 Å². The van der Waals surface area contributed by atoms with Gasteiger partial charge in [-0.2, -0.15) is 0 Å². The molecule has 0 aromatic carbocycles. The van der Waals surface area contributed by atoms with Gasteiger partial charge in [0.1, 0.15) is 12.2 Å². The summed E-state index contributed by atoms with van der Waals surface area (Å²) in [5.74, 6) is -1.14. The molecule has 4 heterocycles. The summed E-state index contributed by atoms with van der Waals surface area (Å²) in [4.78, 5) is 35.4. The van der Waals surface area contributed by atoms with Crippen LogP contribution in [0.2, 0.25) is 0 Å². The number of carbonyl (C=O) groups is 2. The number of fused-ring (bicyclic) bond motifs is 1. The number of aliphatic hydroxyl groups excluding tert-OH is 1. The first-order valence-electron chi connectivity index (χ1n) is 16.4. The molecule has 0 radical (unpaired) electrons. The molecule has 2 fully saturated rings. The van der Waals surface area contributed by atoms with Crippen LogP contribution in [0.5, 0.6) is 0 Å². The predicted octanol–water partition coefficient (Wildman–Crippen LogP) is 3.98. The van der Waals surface area contributed by atoms with Crippen molar-refractivity contribution >= 4 is 17.8 Å². The van der Waals surface area contributed by atoms with E-state index in [1.54, 1.807) is 24.8 Å². The van der Waals surface area contributed by atoms with Crippen molar-refractivity contribution in [3.63, 3.8) is 0 Å². The van der Waals surface area contributed by atoms with E-state index in [0.29, 0.717) is 31.5 Å². The molecule has 12 atom stereocenters. The summed E-state index contributed by atoms with van der Waals surface area (Å²) in [5.41, 5.74) is -0.661. The van der Waals surface area contributed by atoms with Crippen LogP contribution in [0.3, 0.4) is 0 Å². The number of ether oxygens (including phenoxy) is 5. The fraction of sp³-hybridized carbons (Fsp3) is 0.794. The number of cyclic esters (lactones) is 1. The lowest BCUT2D eigenvalue weighted by molar-refractivity contribution is -0.295. The van der Waals surface area contributed by atoms with E-state index in [2.05, 4.69) is 20.4 Å². The molecule has 1 N–H and O–H groups in total. The van der Waals surface area contributed by atoms with Gasteiger partial charge in [-0.3, -0.25) is 9.89 Å². The molecule has 254 valence electrons. The molecule has 0 saturated carbocycles. The zero-order valence-corrected chi connectivity index (χ0v) is 28.8. The van der Waals surface area contributed by atoms with E-state index < -0.39 is 47.9 Å². The van der Waals surface area contributed by atoms with E-state index in [1.165, 1.54) is 0 Å². The minimum atomic E-state index is -1.07. The Kier molecular flexibility index (Phi) is 10.9. The lowest BCUT2D eigenvalue weighted by Gasteiger charge is -2.47. The topological polar surface area (TPSA) is 119 Å². The number of aliphatic imine (C=N–C) groups is 1. The molecule has 11 nitrogen and oxygen atoms in total. The highest BCUT2D eigenvalue weighted by Gasteiger charge is 2.59. The van der Waals surface area contributed by atoms with Crippen LogP contribution in [0.1, 0.15) is 68.2 Å². The zero-order chi connectivity index (χ0) is 33.4. The number of hydrogen-bond acceptors (Lipinski definition) is 10. The van der Waals surface area contributed by atoms with E-state index in [0.717, 1.165) is 5.71 Å². The molecule has 0 aliphatic carbocycles. The van der Waals surface area contributed by atoms with E-state index in [4.69, 9.17) is 28.7 Å². The molecule has 2 bridgehead atoms. The molecular formula is C34H55N3O8. The van der Waals surface area contributed by atoms with Crippen LogP contribution in [-0.4, -0.2) is 120 Å². The third-order valence-electron chi connectivity index (χ3n) is 10.3. The maximum Gasteiger partial charge on any atom is 0.410 e. The molecule has 11 heteroatoms. The van der Waals surface area contributed by atoms with Gasteiger partial charge < -0.3 is 33.7 Å². The lowest BCUT2D eigenvalue weighted by atomic mass is 9.74. The van der Waals surface area contributed by atoms with Crippen LogP contribution in [0.25, 0.3) is 0 Å². The van der Waals surface area contributed by atoms with Crippen molar-refractivity contribution in [1.29, 1.82) is 0 Å². The SMILES string of the molecule is C=CCO[C@@]1(C)C[C@@H](C)C2=NCCN3C(=O)O[C@](C)([C@H](C)OC(=O)/C(C)=C/[C@H](C)[C@H]1O[C@H]1O[C@@H](C)C[C@@H](N(C)C)C1O)[C@H]3[C@@H]2C. The number of esters is 1. The molecule has 1 unspecified atom stereocenters. The summed E-state index contributed by atoms with van der Waals surface area (Å²) in [7, 11) is 3.88. The molecule has 0 aromatic rings. The number of rotatable bonds is 6. The van der Waals surface area contributed by atoms with Crippen molar-refractivity contribution in [1.82, 2.24) is 9.80 Å². The minimum Gasteiger partial charge on any atom is -0.455 e. The van der Waals surface area contributed by atoms with Crippen molar-refractivity contribution in [3.05, 3.63) is 24.3 Å². The van der Waals surface area contributed by atoms with Crippen molar-refractivity contribution < 1.29 is 38.4 Å². The Bertz CT molecular complexity index is 1170. The normalized spacial score (nSPS) is 44.2. The average Bonchev–Trinajstić information content (AvgIpc) is 3.09. The Hall–Kier alpha value is -2.31. The Morgan fingerprint density at radius 1 is 1.20 bits per heavy atom. The number of carbonyl (C=O) groups excluding carboxylic acids is 2. The second-order valence-corrected chi connectivity index (χ2v) is 14.2. The summed E-state index contributed by atoms with van der Waals surface area (Å²) >= 11 is 0. The smallest absolute Gasteiger partial charge is 0.410 e. The van der Waals surface area contributed by atoms with Gasteiger partial charge in [0.05, 0.1) is 37.0 Å². The van der Waals surface area contributed by atoms with Gasteiger partial charge in [0, 0.05) is 35.7 Å². The summed E-state index contributed by atoms with van der Waals surface area (Å²) in [5, 5.41) is 11.4. The van der Waals surface area contributed by atoms with Gasteiger partial charge in [-0.05, 0) is 67.5 Å². The molecule has 45 heavy (non-hydrogen) atoms. The molecule has 4 aliphatic rings. The second-order valence-electron chi connectivity index (χ2n) is 14.2. The number of amides is 1. The molecule has 0 spiro atoms. The minimum absolute atomic E-state index is 0.0791. The first-order chi connectivity index (χ1) is 21.0. The molecule has 4 rings (SSSR count). The lowest BCUT2D eigenvalue weighted by Crippen LogP contribution is -2.59. The van der Waals surface area contributed by atoms with Crippen LogP contribution in [0, 0.1) is 17.8 Å². The summed E-state index contributed by atoms with van der Waals surface area (Å²) in [6.45, 7) is 20.5. The highest BCUT2D eigenvalue weighted by Crippen LogP contribution is 2.43. The average molecular weight is 634 g/mol. The number of likely N-dealkylation sites (N-methyl/N-ethyl adjacent to an activating group) is 1. The largest absolute Gasteiger partial charge is 0.455 e. The second kappa shape index (κ2) is 13.8. The highest BCUT2D eigenvalue weighted by molar-refractivity contribution is 5.91. The molecule has 1 amide bonds. The van der Waals surface area contributed by atoms with Crippen LogP contribution < -0.4 is 0 Å². The van der Waals surface area contributed by atoms with Crippen LogP contribution >= 0.6 is 0 Å². The molecule has 2 saturated heterocycles. The van der Waals surface area contributed by atoms with Crippen molar-refractivity contribution in [2.75, 3.05) is 33.8 Å². The fourth-order valence-corrected chi connectivity index (χ4v) is 8.01. The maximum atomic E-state index is 13.5. The van der Waals surface area contributed by atoms with Crippen LogP contribution in [0.15, 0.2) is 29.3 Å². The van der Waals surface area contributed by atoms with Gasteiger partial charge in [0.2, 0.25) is 0 Å². The third-order valence-corrected chi connectivity index (χ3v) is 10.3. The summed E-state index contributed by atoms with van der Waals surface area (Å²) < 4.78 is 31.6. The van der Waals surface area contributed by atoms with E-state index in [9.17, 15) is 14.7 Å². The maximum absolute atomic E-state index is 13.5. The quantitative estimate of drug-likeness (QED) is 0.342. The predicted molar refractivity (Wildman–Crippen MR) is 171 cm³/mol. The Labute approximate surface area is 268 Å². The van der Waals surface area contributed by atoms with Gasteiger partial charge in [-0.15, -0.1) is 6.58 Å². The fourth-order valence-electron chi connectivity index (χ4n) is 8.01.